The Morgan fingerprint density at radius 1 is 1.24 bits per heavy atom. The van der Waals surface area contributed by atoms with Crippen LogP contribution in [0.5, 0.6) is 5.75 Å². The Bertz CT molecular complexity index is 629. The first kappa shape index (κ1) is 15.8. The smallest absolute Gasteiger partial charge is 0.144 e. The van der Waals surface area contributed by atoms with Crippen LogP contribution in [0.15, 0.2) is 28.7 Å². The summed E-state index contributed by atoms with van der Waals surface area (Å²) >= 11 is 3.58. The number of rotatable bonds is 5. The Morgan fingerprint density at radius 2 is 1.95 bits per heavy atom. The van der Waals surface area contributed by atoms with Crippen LogP contribution in [0, 0.1) is 0 Å². The third-order valence-electron chi connectivity index (χ3n) is 3.25. The summed E-state index contributed by atoms with van der Waals surface area (Å²) in [6, 6.07) is 7.96. The van der Waals surface area contributed by atoms with E-state index >= 15 is 0 Å². The molecular weight excluding hydrogens is 330 g/mol. The van der Waals surface area contributed by atoms with Gasteiger partial charge in [-0.1, -0.05) is 32.0 Å². The highest BCUT2D eigenvalue weighted by Gasteiger charge is 2.15. The fraction of sp³-hybridized carbons (Fsp3) is 0.375. The van der Waals surface area contributed by atoms with Crippen LogP contribution in [0.2, 0.25) is 0 Å². The summed E-state index contributed by atoms with van der Waals surface area (Å²) in [5, 5.41) is 3.12. The van der Waals surface area contributed by atoms with Gasteiger partial charge in [0.2, 0.25) is 0 Å². The molecule has 0 spiro atoms. The van der Waals surface area contributed by atoms with E-state index in [1.165, 1.54) is 0 Å². The molecule has 1 aromatic heterocycles. The summed E-state index contributed by atoms with van der Waals surface area (Å²) < 4.78 is 6.33. The standard InChI is InChI=1S/C16H20BrN3O/c1-10(2)15-14(17)16(18-3)20-13(19-15)9-11-7-5-6-8-12(11)21-4/h5-8,10H,9H2,1-4H3,(H,18,19,20). The number of halogens is 1. The maximum absolute atomic E-state index is 5.40. The normalized spacial score (nSPS) is 10.8. The lowest BCUT2D eigenvalue weighted by molar-refractivity contribution is 0.410. The fourth-order valence-corrected chi connectivity index (χ4v) is 2.99. The molecule has 0 aliphatic heterocycles. The van der Waals surface area contributed by atoms with Crippen molar-refractivity contribution in [1.82, 2.24) is 9.97 Å². The molecule has 4 nitrogen and oxygen atoms in total. The largest absolute Gasteiger partial charge is 0.496 e. The Kier molecular flexibility index (Phi) is 5.17. The summed E-state index contributed by atoms with van der Waals surface area (Å²) in [6.45, 7) is 4.25. The fourth-order valence-electron chi connectivity index (χ4n) is 2.16. The van der Waals surface area contributed by atoms with E-state index in [1.807, 2.05) is 31.3 Å². The second kappa shape index (κ2) is 6.89. The summed E-state index contributed by atoms with van der Waals surface area (Å²) in [7, 11) is 3.55. The van der Waals surface area contributed by atoms with E-state index in [0.717, 1.165) is 33.1 Å². The van der Waals surface area contributed by atoms with Crippen LogP contribution in [0.25, 0.3) is 0 Å². The topological polar surface area (TPSA) is 47.0 Å². The van der Waals surface area contributed by atoms with Crippen molar-refractivity contribution in [2.75, 3.05) is 19.5 Å². The molecule has 112 valence electrons. The minimum absolute atomic E-state index is 0.325. The number of para-hydroxylation sites is 1. The van der Waals surface area contributed by atoms with Gasteiger partial charge in [0.05, 0.1) is 17.3 Å². The second-order valence-electron chi connectivity index (χ2n) is 5.08. The van der Waals surface area contributed by atoms with Crippen LogP contribution in [0.1, 0.15) is 36.8 Å². The van der Waals surface area contributed by atoms with E-state index in [4.69, 9.17) is 9.72 Å². The van der Waals surface area contributed by atoms with E-state index in [9.17, 15) is 0 Å². The lowest BCUT2D eigenvalue weighted by Crippen LogP contribution is -2.08. The molecule has 0 fully saturated rings. The maximum Gasteiger partial charge on any atom is 0.144 e. The molecule has 21 heavy (non-hydrogen) atoms. The molecule has 2 rings (SSSR count). The Morgan fingerprint density at radius 3 is 2.57 bits per heavy atom. The molecule has 1 N–H and O–H groups in total. The molecule has 1 heterocycles. The average molecular weight is 350 g/mol. The van der Waals surface area contributed by atoms with Crippen molar-refractivity contribution in [2.24, 2.45) is 0 Å². The maximum atomic E-state index is 5.40. The van der Waals surface area contributed by atoms with Gasteiger partial charge in [0.15, 0.2) is 0 Å². The molecule has 0 saturated heterocycles. The average Bonchev–Trinajstić information content (AvgIpc) is 2.49. The molecule has 2 aromatic rings. The number of ether oxygens (including phenoxy) is 1. The highest BCUT2D eigenvalue weighted by atomic mass is 79.9. The lowest BCUT2D eigenvalue weighted by Gasteiger charge is -2.14. The van der Waals surface area contributed by atoms with Crippen molar-refractivity contribution in [3.8, 4) is 5.75 Å². The molecule has 0 aliphatic rings. The van der Waals surface area contributed by atoms with E-state index in [2.05, 4.69) is 40.1 Å². The number of methoxy groups -OCH3 is 1. The number of nitrogens with zero attached hydrogens (tertiary/aromatic N) is 2. The predicted octanol–water partition coefficient (Wildman–Crippen LogP) is 4.00. The van der Waals surface area contributed by atoms with E-state index in [1.54, 1.807) is 7.11 Å². The third-order valence-corrected chi connectivity index (χ3v) is 4.03. The highest BCUT2D eigenvalue weighted by Crippen LogP contribution is 2.29. The van der Waals surface area contributed by atoms with Gasteiger partial charge in [0, 0.05) is 19.0 Å². The molecule has 0 unspecified atom stereocenters. The van der Waals surface area contributed by atoms with Gasteiger partial charge in [-0.15, -0.1) is 0 Å². The van der Waals surface area contributed by atoms with Crippen molar-refractivity contribution in [3.05, 3.63) is 45.8 Å². The zero-order valence-electron chi connectivity index (χ0n) is 12.8. The van der Waals surface area contributed by atoms with E-state index < -0.39 is 0 Å². The summed E-state index contributed by atoms with van der Waals surface area (Å²) in [5.74, 6) is 2.79. The van der Waals surface area contributed by atoms with Gasteiger partial charge in [-0.25, -0.2) is 9.97 Å². The second-order valence-corrected chi connectivity index (χ2v) is 5.87. The van der Waals surface area contributed by atoms with E-state index in [-0.39, 0.29) is 0 Å². The van der Waals surface area contributed by atoms with Crippen LogP contribution in [-0.4, -0.2) is 24.1 Å². The van der Waals surface area contributed by atoms with Gasteiger partial charge in [0.1, 0.15) is 17.4 Å². The Hall–Kier alpha value is -1.62. The molecule has 0 atom stereocenters. The number of hydrogen-bond donors (Lipinski definition) is 1. The number of anilines is 1. The van der Waals surface area contributed by atoms with Gasteiger partial charge in [0.25, 0.3) is 0 Å². The lowest BCUT2D eigenvalue weighted by atomic mass is 10.1. The first-order chi connectivity index (χ1) is 10.1. The van der Waals surface area contributed by atoms with Crippen LogP contribution < -0.4 is 10.1 Å². The number of hydrogen-bond acceptors (Lipinski definition) is 4. The molecule has 0 radical (unpaired) electrons. The molecule has 0 amide bonds. The number of nitrogens with one attached hydrogen (secondary N) is 1. The quantitative estimate of drug-likeness (QED) is 0.885. The van der Waals surface area contributed by atoms with Crippen LogP contribution in [-0.2, 0) is 6.42 Å². The third kappa shape index (κ3) is 3.53. The first-order valence-electron chi connectivity index (χ1n) is 6.92. The minimum Gasteiger partial charge on any atom is -0.496 e. The zero-order valence-corrected chi connectivity index (χ0v) is 14.4. The van der Waals surface area contributed by atoms with Crippen molar-refractivity contribution >= 4 is 21.7 Å². The Labute approximate surface area is 134 Å². The van der Waals surface area contributed by atoms with Gasteiger partial charge in [-0.05, 0) is 27.9 Å². The summed E-state index contributed by atoms with van der Waals surface area (Å²) in [5.41, 5.74) is 2.10. The van der Waals surface area contributed by atoms with Crippen molar-refractivity contribution in [3.63, 3.8) is 0 Å². The molecule has 0 aliphatic carbocycles. The zero-order chi connectivity index (χ0) is 15.4. The molecule has 0 saturated carbocycles. The molecular formula is C16H20BrN3O. The van der Waals surface area contributed by atoms with Gasteiger partial charge in [-0.2, -0.15) is 0 Å². The first-order valence-corrected chi connectivity index (χ1v) is 7.72. The van der Waals surface area contributed by atoms with Crippen molar-refractivity contribution in [2.45, 2.75) is 26.2 Å². The van der Waals surface area contributed by atoms with Crippen LogP contribution in [0.3, 0.4) is 0 Å². The van der Waals surface area contributed by atoms with E-state index in [0.29, 0.717) is 12.3 Å². The molecule has 5 heteroatoms. The summed E-state index contributed by atoms with van der Waals surface area (Å²) in [4.78, 5) is 9.28. The van der Waals surface area contributed by atoms with Gasteiger partial charge < -0.3 is 10.1 Å². The number of aromatic nitrogens is 2. The highest BCUT2D eigenvalue weighted by molar-refractivity contribution is 9.10. The van der Waals surface area contributed by atoms with Crippen molar-refractivity contribution < 1.29 is 4.74 Å². The van der Waals surface area contributed by atoms with Gasteiger partial charge >= 0.3 is 0 Å². The molecule has 0 bridgehead atoms. The Balaban J connectivity index is 2.42. The predicted molar refractivity (Wildman–Crippen MR) is 89.2 cm³/mol. The minimum atomic E-state index is 0.325. The van der Waals surface area contributed by atoms with Gasteiger partial charge in [-0.3, -0.25) is 0 Å². The number of benzene rings is 1. The summed E-state index contributed by atoms with van der Waals surface area (Å²) in [6.07, 6.45) is 0.645. The molecule has 1 aromatic carbocycles. The van der Waals surface area contributed by atoms with Crippen LogP contribution in [0.4, 0.5) is 5.82 Å². The monoisotopic (exact) mass is 349 g/mol. The SMILES string of the molecule is CNc1nc(Cc2ccccc2OC)nc(C(C)C)c1Br. The van der Waals surface area contributed by atoms with Crippen LogP contribution >= 0.6 is 15.9 Å². The van der Waals surface area contributed by atoms with Crippen molar-refractivity contribution in [1.29, 1.82) is 0 Å².